The van der Waals surface area contributed by atoms with E-state index in [2.05, 4.69) is 10.1 Å². The van der Waals surface area contributed by atoms with Crippen LogP contribution in [-0.4, -0.2) is 30.7 Å². The molecule has 0 saturated carbocycles. The predicted molar refractivity (Wildman–Crippen MR) is 82.8 cm³/mol. The molecule has 2 atom stereocenters. The summed E-state index contributed by atoms with van der Waals surface area (Å²) in [4.78, 5) is 14.7. The van der Waals surface area contributed by atoms with E-state index in [0.717, 1.165) is 10.9 Å². The van der Waals surface area contributed by atoms with Crippen molar-refractivity contribution in [1.29, 1.82) is 0 Å². The molecule has 2 rings (SSSR count). The largest absolute Gasteiger partial charge is 0.465 e. The van der Waals surface area contributed by atoms with Gasteiger partial charge in [-0.2, -0.15) is 5.09 Å². The molecule has 1 aromatic heterocycles. The first-order chi connectivity index (χ1) is 10.5. The second-order valence-corrected chi connectivity index (χ2v) is 6.40. The number of benzene rings is 1. The third-order valence-electron chi connectivity index (χ3n) is 2.98. The lowest BCUT2D eigenvalue weighted by atomic mass is 10.2. The topological polar surface area (TPSA) is 89.7 Å². The summed E-state index contributed by atoms with van der Waals surface area (Å²) < 4.78 is 27.8. The number of hydrogen-bond acceptors (Lipinski definition) is 5. The van der Waals surface area contributed by atoms with E-state index in [-0.39, 0.29) is 6.61 Å². The van der Waals surface area contributed by atoms with Crippen LogP contribution in [-0.2, 0) is 18.6 Å². The second-order valence-electron chi connectivity index (χ2n) is 4.60. The van der Waals surface area contributed by atoms with Crippen LogP contribution in [0.2, 0.25) is 0 Å². The fourth-order valence-electron chi connectivity index (χ4n) is 1.90. The smallest absolute Gasteiger partial charge is 0.459 e. The number of carbonyl (C=O) groups excluding carboxylic acids is 1. The molecule has 2 aromatic rings. The van der Waals surface area contributed by atoms with Crippen LogP contribution in [0.4, 0.5) is 0 Å². The number of aromatic amines is 1. The molecule has 22 heavy (non-hydrogen) atoms. The number of esters is 1. The first-order valence-electron chi connectivity index (χ1n) is 6.84. The molecule has 7 nitrogen and oxygen atoms in total. The van der Waals surface area contributed by atoms with Crippen molar-refractivity contribution in [3.63, 3.8) is 0 Å². The zero-order chi connectivity index (χ0) is 16.2. The number of nitrogens with one attached hydrogen (secondary N) is 2. The Morgan fingerprint density at radius 2 is 2.18 bits per heavy atom. The number of fused-ring (bicyclic) bond motifs is 1. The van der Waals surface area contributed by atoms with Gasteiger partial charge < -0.3 is 14.2 Å². The van der Waals surface area contributed by atoms with Crippen molar-refractivity contribution in [2.24, 2.45) is 0 Å². The summed E-state index contributed by atoms with van der Waals surface area (Å²) >= 11 is 0. The molecule has 0 aliphatic carbocycles. The van der Waals surface area contributed by atoms with Crippen LogP contribution in [0.3, 0.4) is 0 Å². The lowest BCUT2D eigenvalue weighted by Gasteiger charge is -2.21. The Balaban J connectivity index is 2.12. The van der Waals surface area contributed by atoms with Crippen molar-refractivity contribution in [2.75, 3.05) is 13.7 Å². The van der Waals surface area contributed by atoms with Crippen LogP contribution in [0.1, 0.15) is 13.8 Å². The molecular formula is C14H19N2O5P. The van der Waals surface area contributed by atoms with E-state index in [1.165, 1.54) is 14.0 Å². The molecule has 1 unspecified atom stereocenters. The Labute approximate surface area is 128 Å². The Morgan fingerprint density at radius 3 is 2.86 bits per heavy atom. The fourth-order valence-corrected chi connectivity index (χ4v) is 3.10. The number of rotatable bonds is 7. The van der Waals surface area contributed by atoms with Gasteiger partial charge in [0.05, 0.1) is 6.61 Å². The molecule has 0 bridgehead atoms. The number of aromatic nitrogens is 1. The summed E-state index contributed by atoms with van der Waals surface area (Å²) in [5.74, 6) is -0.148. The van der Waals surface area contributed by atoms with Gasteiger partial charge in [-0.15, -0.1) is 0 Å². The highest BCUT2D eigenvalue weighted by Crippen LogP contribution is 2.44. The molecule has 0 saturated heterocycles. The van der Waals surface area contributed by atoms with E-state index in [4.69, 9.17) is 13.8 Å². The number of ether oxygens (including phenoxy) is 1. The van der Waals surface area contributed by atoms with E-state index >= 15 is 0 Å². The van der Waals surface area contributed by atoms with Crippen molar-refractivity contribution in [1.82, 2.24) is 10.1 Å². The first-order valence-corrected chi connectivity index (χ1v) is 8.38. The molecule has 0 radical (unpaired) electrons. The van der Waals surface area contributed by atoms with Crippen LogP contribution >= 0.6 is 7.75 Å². The van der Waals surface area contributed by atoms with Gasteiger partial charge in [-0.05, 0) is 38.1 Å². The zero-order valence-corrected chi connectivity index (χ0v) is 13.6. The van der Waals surface area contributed by atoms with Gasteiger partial charge in [0.1, 0.15) is 11.8 Å². The van der Waals surface area contributed by atoms with E-state index in [1.54, 1.807) is 31.3 Å². The molecule has 1 heterocycles. The van der Waals surface area contributed by atoms with Gasteiger partial charge >= 0.3 is 13.7 Å². The summed E-state index contributed by atoms with van der Waals surface area (Å²) in [5.41, 5.74) is 0.937. The van der Waals surface area contributed by atoms with Gasteiger partial charge in [0.15, 0.2) is 0 Å². The maximum Gasteiger partial charge on any atom is 0.459 e. The molecule has 2 N–H and O–H groups in total. The number of H-pyrrole nitrogens is 1. The Morgan fingerprint density at radius 1 is 1.41 bits per heavy atom. The Bertz CT molecular complexity index is 699. The zero-order valence-electron chi connectivity index (χ0n) is 12.7. The average Bonchev–Trinajstić information content (AvgIpc) is 2.94. The minimum atomic E-state index is -3.68. The van der Waals surface area contributed by atoms with E-state index < -0.39 is 19.8 Å². The lowest BCUT2D eigenvalue weighted by molar-refractivity contribution is -0.144. The summed E-state index contributed by atoms with van der Waals surface area (Å²) in [7, 11) is -2.43. The normalized spacial score (nSPS) is 15.2. The lowest BCUT2D eigenvalue weighted by Crippen LogP contribution is -2.34. The first kappa shape index (κ1) is 16.5. The Hall–Kier alpha value is -1.82. The molecule has 0 aliphatic heterocycles. The minimum Gasteiger partial charge on any atom is -0.465 e. The quantitative estimate of drug-likeness (QED) is 0.601. The Kier molecular flexibility index (Phi) is 5.24. The van der Waals surface area contributed by atoms with Crippen LogP contribution < -0.4 is 9.61 Å². The average molecular weight is 326 g/mol. The second kappa shape index (κ2) is 6.96. The van der Waals surface area contributed by atoms with Crippen LogP contribution in [0.5, 0.6) is 5.75 Å². The van der Waals surface area contributed by atoms with Crippen molar-refractivity contribution >= 4 is 24.6 Å². The standard InChI is InChI=1S/C14H19N2O5P/c1-4-20-14(17)10(2)16-22(18,19-3)21-12-5-6-13-11(9-12)7-8-15-13/h5-10,15H,4H2,1-3H3,(H,16,18)/t10-,22?/m0/s1. The van der Waals surface area contributed by atoms with Gasteiger partial charge in [-0.1, -0.05) is 0 Å². The molecule has 0 fully saturated rings. The van der Waals surface area contributed by atoms with Crippen molar-refractivity contribution in [3.05, 3.63) is 30.5 Å². The molecule has 0 aliphatic rings. The summed E-state index contributed by atoms with van der Waals surface area (Å²) in [5, 5.41) is 3.46. The summed E-state index contributed by atoms with van der Waals surface area (Å²) in [6, 6.07) is 6.26. The van der Waals surface area contributed by atoms with Gasteiger partial charge in [-0.25, -0.2) is 4.57 Å². The maximum atomic E-state index is 12.6. The highest BCUT2D eigenvalue weighted by molar-refractivity contribution is 7.52. The fraction of sp³-hybridized carbons (Fsp3) is 0.357. The third kappa shape index (κ3) is 3.88. The SMILES string of the molecule is CCOC(=O)[C@H](C)NP(=O)(OC)Oc1ccc2[nH]ccc2c1. The van der Waals surface area contributed by atoms with Crippen LogP contribution in [0.25, 0.3) is 10.9 Å². The molecule has 8 heteroatoms. The highest BCUT2D eigenvalue weighted by atomic mass is 31.2. The summed E-state index contributed by atoms with van der Waals surface area (Å²) in [6.07, 6.45) is 1.80. The molecule has 1 aromatic carbocycles. The predicted octanol–water partition coefficient (Wildman–Crippen LogP) is 2.84. The minimum absolute atomic E-state index is 0.243. The van der Waals surface area contributed by atoms with E-state index in [9.17, 15) is 9.36 Å². The number of hydrogen-bond donors (Lipinski definition) is 2. The monoisotopic (exact) mass is 326 g/mol. The maximum absolute atomic E-state index is 12.6. The molecular weight excluding hydrogens is 307 g/mol. The van der Waals surface area contributed by atoms with Crippen LogP contribution in [0.15, 0.2) is 30.5 Å². The molecule has 0 amide bonds. The van der Waals surface area contributed by atoms with Gasteiger partial charge in [0.25, 0.3) is 0 Å². The van der Waals surface area contributed by atoms with E-state index in [1.807, 2.05) is 6.07 Å². The third-order valence-corrected chi connectivity index (χ3v) is 4.62. The van der Waals surface area contributed by atoms with E-state index in [0.29, 0.717) is 5.75 Å². The highest BCUT2D eigenvalue weighted by Gasteiger charge is 2.30. The van der Waals surface area contributed by atoms with Crippen molar-refractivity contribution in [2.45, 2.75) is 19.9 Å². The summed E-state index contributed by atoms with van der Waals surface area (Å²) in [6.45, 7) is 3.47. The van der Waals surface area contributed by atoms with Crippen molar-refractivity contribution in [3.8, 4) is 5.75 Å². The number of carbonyl (C=O) groups is 1. The van der Waals surface area contributed by atoms with Gasteiger partial charge in [-0.3, -0.25) is 9.32 Å². The van der Waals surface area contributed by atoms with Crippen LogP contribution in [0, 0.1) is 0 Å². The van der Waals surface area contributed by atoms with Gasteiger partial charge in [0.2, 0.25) is 0 Å². The molecule has 0 spiro atoms. The van der Waals surface area contributed by atoms with Crippen molar-refractivity contribution < 1.29 is 23.1 Å². The van der Waals surface area contributed by atoms with Gasteiger partial charge in [0, 0.05) is 24.2 Å². The molecule has 120 valence electrons.